The Hall–Kier alpha value is -0.0800. The van der Waals surface area contributed by atoms with Crippen LogP contribution in [-0.4, -0.2) is 38.1 Å². The molecule has 1 N–H and O–H groups in total. The van der Waals surface area contributed by atoms with Gasteiger partial charge in [0.2, 0.25) is 0 Å². The number of nitrogens with one attached hydrogen (secondary N) is 1. The van der Waals surface area contributed by atoms with E-state index in [1.165, 1.54) is 32.5 Å². The number of piperidine rings is 1. The average molecular weight is 198 g/mol. The molecule has 1 heterocycles. The summed E-state index contributed by atoms with van der Waals surface area (Å²) >= 11 is 0. The predicted octanol–water partition coefficient (Wildman–Crippen LogP) is 1.96. The molecule has 0 saturated carbocycles. The van der Waals surface area contributed by atoms with Crippen LogP contribution in [0, 0.1) is 11.3 Å². The molecule has 0 amide bonds. The van der Waals surface area contributed by atoms with Crippen LogP contribution in [0.15, 0.2) is 0 Å². The summed E-state index contributed by atoms with van der Waals surface area (Å²) in [5.41, 5.74) is 0.586. The van der Waals surface area contributed by atoms with Gasteiger partial charge in [0.05, 0.1) is 0 Å². The summed E-state index contributed by atoms with van der Waals surface area (Å²) in [6.07, 6.45) is 2.72. The molecule has 0 aromatic heterocycles. The second-order valence-corrected chi connectivity index (χ2v) is 5.63. The van der Waals surface area contributed by atoms with Gasteiger partial charge in [-0.25, -0.2) is 0 Å². The maximum Gasteiger partial charge on any atom is 0.00191 e. The molecular formula is C12H26N2. The Kier molecular flexibility index (Phi) is 4.39. The van der Waals surface area contributed by atoms with Gasteiger partial charge in [0.15, 0.2) is 0 Å². The van der Waals surface area contributed by atoms with Crippen molar-refractivity contribution < 1.29 is 0 Å². The monoisotopic (exact) mass is 198 g/mol. The fourth-order valence-electron chi connectivity index (χ4n) is 2.19. The first-order valence-corrected chi connectivity index (χ1v) is 5.90. The Morgan fingerprint density at radius 2 is 1.86 bits per heavy atom. The maximum absolute atomic E-state index is 3.25. The zero-order valence-corrected chi connectivity index (χ0v) is 10.3. The van der Waals surface area contributed by atoms with Crippen molar-refractivity contribution in [1.29, 1.82) is 0 Å². The largest absolute Gasteiger partial charge is 0.319 e. The molecule has 84 valence electrons. The summed E-state index contributed by atoms with van der Waals surface area (Å²) in [6.45, 7) is 12.1. The van der Waals surface area contributed by atoms with Crippen molar-refractivity contribution in [3.8, 4) is 0 Å². The minimum absolute atomic E-state index is 0.586. The molecule has 1 unspecified atom stereocenters. The Morgan fingerprint density at radius 1 is 1.29 bits per heavy atom. The third-order valence-corrected chi connectivity index (χ3v) is 3.33. The van der Waals surface area contributed by atoms with Crippen LogP contribution in [0.1, 0.15) is 33.6 Å². The van der Waals surface area contributed by atoms with E-state index in [9.17, 15) is 0 Å². The summed E-state index contributed by atoms with van der Waals surface area (Å²) in [4.78, 5) is 2.62. The van der Waals surface area contributed by atoms with Crippen LogP contribution in [0.5, 0.6) is 0 Å². The summed E-state index contributed by atoms with van der Waals surface area (Å²) in [5.74, 6) is 0.779. The van der Waals surface area contributed by atoms with E-state index in [-0.39, 0.29) is 0 Å². The molecule has 0 bridgehead atoms. The SMILES string of the molecule is CNCC(C)CN1CCC(C)(C)CC1. The fourth-order valence-corrected chi connectivity index (χ4v) is 2.19. The molecule has 1 aliphatic rings. The van der Waals surface area contributed by atoms with Gasteiger partial charge in [-0.15, -0.1) is 0 Å². The smallest absolute Gasteiger partial charge is 0.00191 e. The second-order valence-electron chi connectivity index (χ2n) is 5.63. The highest BCUT2D eigenvalue weighted by atomic mass is 15.1. The van der Waals surface area contributed by atoms with Crippen LogP contribution in [0.4, 0.5) is 0 Å². The van der Waals surface area contributed by atoms with Gasteiger partial charge < -0.3 is 10.2 Å². The van der Waals surface area contributed by atoms with Crippen LogP contribution in [0.25, 0.3) is 0 Å². The topological polar surface area (TPSA) is 15.3 Å². The molecule has 1 aliphatic heterocycles. The zero-order chi connectivity index (χ0) is 10.6. The van der Waals surface area contributed by atoms with Crippen LogP contribution >= 0.6 is 0 Å². The van der Waals surface area contributed by atoms with E-state index >= 15 is 0 Å². The second kappa shape index (κ2) is 5.13. The zero-order valence-electron chi connectivity index (χ0n) is 10.3. The molecule has 1 rings (SSSR count). The van der Waals surface area contributed by atoms with Crippen molar-refractivity contribution in [3.63, 3.8) is 0 Å². The third kappa shape index (κ3) is 3.97. The molecule has 0 aromatic rings. The quantitative estimate of drug-likeness (QED) is 0.743. The number of hydrogen-bond donors (Lipinski definition) is 1. The lowest BCUT2D eigenvalue weighted by Crippen LogP contribution is -2.40. The lowest BCUT2D eigenvalue weighted by atomic mass is 9.82. The Bertz CT molecular complexity index is 156. The van der Waals surface area contributed by atoms with Crippen molar-refractivity contribution in [2.75, 3.05) is 33.2 Å². The molecule has 0 aromatic carbocycles. The number of nitrogens with zero attached hydrogens (tertiary/aromatic N) is 1. The van der Waals surface area contributed by atoms with Gasteiger partial charge in [-0.05, 0) is 50.9 Å². The Labute approximate surface area is 89.1 Å². The van der Waals surface area contributed by atoms with E-state index in [1.54, 1.807) is 0 Å². The van der Waals surface area contributed by atoms with Gasteiger partial charge in [0.25, 0.3) is 0 Å². The van der Waals surface area contributed by atoms with E-state index in [2.05, 4.69) is 31.0 Å². The molecule has 2 heteroatoms. The minimum Gasteiger partial charge on any atom is -0.319 e. The third-order valence-electron chi connectivity index (χ3n) is 3.33. The molecule has 1 saturated heterocycles. The van der Waals surface area contributed by atoms with Gasteiger partial charge >= 0.3 is 0 Å². The molecule has 14 heavy (non-hydrogen) atoms. The van der Waals surface area contributed by atoms with Gasteiger partial charge in [-0.1, -0.05) is 20.8 Å². The number of likely N-dealkylation sites (tertiary alicyclic amines) is 1. The van der Waals surface area contributed by atoms with E-state index < -0.39 is 0 Å². The van der Waals surface area contributed by atoms with Gasteiger partial charge in [-0.3, -0.25) is 0 Å². The molecule has 0 spiro atoms. The minimum atomic E-state index is 0.586. The standard InChI is InChI=1S/C12H26N2/c1-11(9-13-4)10-14-7-5-12(2,3)6-8-14/h11,13H,5-10H2,1-4H3. The van der Waals surface area contributed by atoms with E-state index in [4.69, 9.17) is 0 Å². The van der Waals surface area contributed by atoms with E-state index in [0.29, 0.717) is 5.41 Å². The first-order chi connectivity index (χ1) is 6.53. The van der Waals surface area contributed by atoms with E-state index in [1.807, 2.05) is 7.05 Å². The van der Waals surface area contributed by atoms with Crippen molar-refractivity contribution in [1.82, 2.24) is 10.2 Å². The lowest BCUT2D eigenvalue weighted by molar-refractivity contribution is 0.119. The van der Waals surface area contributed by atoms with Gasteiger partial charge in [0, 0.05) is 6.54 Å². The Morgan fingerprint density at radius 3 is 2.36 bits per heavy atom. The van der Waals surface area contributed by atoms with Crippen LogP contribution in [-0.2, 0) is 0 Å². The highest BCUT2D eigenvalue weighted by molar-refractivity contribution is 4.79. The van der Waals surface area contributed by atoms with Crippen molar-refractivity contribution in [3.05, 3.63) is 0 Å². The fraction of sp³-hybridized carbons (Fsp3) is 1.00. The molecule has 2 nitrogen and oxygen atoms in total. The van der Waals surface area contributed by atoms with Crippen molar-refractivity contribution >= 4 is 0 Å². The van der Waals surface area contributed by atoms with Crippen LogP contribution < -0.4 is 5.32 Å². The first-order valence-electron chi connectivity index (χ1n) is 5.90. The predicted molar refractivity (Wildman–Crippen MR) is 62.5 cm³/mol. The summed E-state index contributed by atoms with van der Waals surface area (Å²) in [5, 5.41) is 3.25. The van der Waals surface area contributed by atoms with E-state index in [0.717, 1.165) is 12.5 Å². The molecule has 0 radical (unpaired) electrons. The Balaban J connectivity index is 2.22. The highest BCUT2D eigenvalue weighted by Crippen LogP contribution is 2.29. The average Bonchev–Trinajstić information content (AvgIpc) is 2.09. The molecule has 0 aliphatic carbocycles. The van der Waals surface area contributed by atoms with Crippen LogP contribution in [0.3, 0.4) is 0 Å². The van der Waals surface area contributed by atoms with Crippen molar-refractivity contribution in [2.24, 2.45) is 11.3 Å². The van der Waals surface area contributed by atoms with Gasteiger partial charge in [-0.2, -0.15) is 0 Å². The van der Waals surface area contributed by atoms with Gasteiger partial charge in [0.1, 0.15) is 0 Å². The molecular weight excluding hydrogens is 172 g/mol. The highest BCUT2D eigenvalue weighted by Gasteiger charge is 2.25. The van der Waals surface area contributed by atoms with Crippen molar-refractivity contribution in [2.45, 2.75) is 33.6 Å². The molecule has 1 fully saturated rings. The molecule has 1 atom stereocenters. The first kappa shape index (κ1) is 12.0. The summed E-state index contributed by atoms with van der Waals surface area (Å²) in [7, 11) is 2.04. The van der Waals surface area contributed by atoms with Crippen LogP contribution in [0.2, 0.25) is 0 Å². The number of hydrogen-bond acceptors (Lipinski definition) is 2. The summed E-state index contributed by atoms with van der Waals surface area (Å²) < 4.78 is 0. The lowest BCUT2D eigenvalue weighted by Gasteiger charge is -2.38. The maximum atomic E-state index is 3.25. The normalized spacial score (nSPS) is 24.9. The summed E-state index contributed by atoms with van der Waals surface area (Å²) in [6, 6.07) is 0. The number of rotatable bonds is 4.